The Balaban J connectivity index is 2.23. The average molecular weight is 349 g/mol. The van der Waals surface area contributed by atoms with E-state index in [1.165, 1.54) is 0 Å². The number of benzene rings is 2. The normalized spacial score (nSPS) is 13.7. The third kappa shape index (κ3) is 5.30. The van der Waals surface area contributed by atoms with E-state index in [0.29, 0.717) is 17.7 Å². The van der Waals surface area contributed by atoms with E-state index in [1.807, 2.05) is 56.0 Å². The first-order chi connectivity index (χ1) is 10.8. The van der Waals surface area contributed by atoms with E-state index in [2.05, 4.69) is 0 Å². The highest BCUT2D eigenvalue weighted by Gasteiger charge is 2.32. The molecule has 0 heterocycles. The Morgan fingerprint density at radius 2 is 1.43 bits per heavy atom. The smallest absolute Gasteiger partial charge is 0.204 e. The predicted octanol–water partition coefficient (Wildman–Crippen LogP) is 4.27. The van der Waals surface area contributed by atoms with Crippen molar-refractivity contribution in [3.8, 4) is 0 Å². The topological polar surface area (TPSA) is 43.4 Å². The number of rotatable bonds is 7. The molecule has 0 aliphatic rings. The summed E-state index contributed by atoms with van der Waals surface area (Å²) in [7, 11) is -5.47. The molecule has 0 amide bonds. The van der Waals surface area contributed by atoms with Gasteiger partial charge < -0.3 is 4.43 Å². The van der Waals surface area contributed by atoms with E-state index < -0.39 is 23.6 Å². The van der Waals surface area contributed by atoms with Crippen LogP contribution in [0, 0.1) is 0 Å². The summed E-state index contributed by atoms with van der Waals surface area (Å²) in [6.45, 7) is 6.05. The molecule has 0 saturated carbocycles. The molecule has 0 aliphatic carbocycles. The van der Waals surface area contributed by atoms with Crippen LogP contribution in [0.3, 0.4) is 0 Å². The zero-order valence-electron chi connectivity index (χ0n) is 13.9. The summed E-state index contributed by atoms with van der Waals surface area (Å²) in [5.74, 6) is 0. The lowest BCUT2D eigenvalue weighted by Crippen LogP contribution is -2.37. The number of hydrogen-bond acceptors (Lipinski definition) is 3. The molecule has 0 aliphatic heterocycles. The fourth-order valence-corrected chi connectivity index (χ4v) is 5.91. The predicted molar refractivity (Wildman–Crippen MR) is 96.6 cm³/mol. The summed E-state index contributed by atoms with van der Waals surface area (Å²) in [4.78, 5) is 0.330. The van der Waals surface area contributed by atoms with E-state index in [9.17, 15) is 8.42 Å². The van der Waals surface area contributed by atoms with E-state index in [0.717, 1.165) is 5.56 Å². The van der Waals surface area contributed by atoms with Gasteiger partial charge in [-0.3, -0.25) is 0 Å². The van der Waals surface area contributed by atoms with Gasteiger partial charge in [-0.1, -0.05) is 48.5 Å². The molecule has 124 valence electrons. The fourth-order valence-electron chi connectivity index (χ4n) is 2.36. The van der Waals surface area contributed by atoms with Crippen LogP contribution >= 0.6 is 0 Å². The molecule has 2 aromatic carbocycles. The second-order valence-electron chi connectivity index (χ2n) is 6.54. The molecule has 0 radical (unpaired) electrons. The second-order valence-corrected chi connectivity index (χ2v) is 13.1. The molecule has 0 bridgehead atoms. The minimum Gasteiger partial charge on any atom is -0.401 e. The monoisotopic (exact) mass is 348 g/mol. The van der Waals surface area contributed by atoms with Crippen LogP contribution in [0.15, 0.2) is 65.6 Å². The van der Waals surface area contributed by atoms with Crippen LogP contribution in [-0.2, 0) is 20.7 Å². The SMILES string of the molecule is C[Si](C)(C)OC(CCc1ccccc1)S(=O)(=O)c1ccccc1. The molecular formula is C18H24O3SSi. The summed E-state index contributed by atoms with van der Waals surface area (Å²) in [6.07, 6.45) is 1.15. The Kier molecular flexibility index (Phi) is 5.78. The van der Waals surface area contributed by atoms with Gasteiger partial charge in [-0.25, -0.2) is 8.42 Å². The first-order valence-corrected chi connectivity index (χ1v) is 12.8. The summed E-state index contributed by atoms with van der Waals surface area (Å²) in [5.41, 5.74) is 0.330. The molecule has 1 unspecified atom stereocenters. The van der Waals surface area contributed by atoms with E-state index >= 15 is 0 Å². The van der Waals surface area contributed by atoms with Crippen molar-refractivity contribution in [1.82, 2.24) is 0 Å². The van der Waals surface area contributed by atoms with Crippen molar-refractivity contribution in [2.24, 2.45) is 0 Å². The molecule has 5 heteroatoms. The number of hydrogen-bond donors (Lipinski definition) is 0. The lowest BCUT2D eigenvalue weighted by Gasteiger charge is -2.26. The Morgan fingerprint density at radius 3 is 1.96 bits per heavy atom. The van der Waals surface area contributed by atoms with Crippen molar-refractivity contribution in [3.63, 3.8) is 0 Å². The van der Waals surface area contributed by atoms with Crippen molar-refractivity contribution >= 4 is 18.2 Å². The highest BCUT2D eigenvalue weighted by Crippen LogP contribution is 2.24. The first-order valence-electron chi connectivity index (χ1n) is 7.80. The molecule has 2 aromatic rings. The van der Waals surface area contributed by atoms with Crippen LogP contribution in [0.5, 0.6) is 0 Å². The van der Waals surface area contributed by atoms with Crippen molar-refractivity contribution in [2.45, 2.75) is 42.8 Å². The van der Waals surface area contributed by atoms with Gasteiger partial charge >= 0.3 is 0 Å². The maximum absolute atomic E-state index is 12.9. The zero-order valence-corrected chi connectivity index (χ0v) is 15.7. The Labute approximate surface area is 140 Å². The molecule has 0 N–H and O–H groups in total. The van der Waals surface area contributed by atoms with Crippen LogP contribution in [0.2, 0.25) is 19.6 Å². The van der Waals surface area contributed by atoms with Gasteiger partial charge in [0.15, 0.2) is 13.8 Å². The van der Waals surface area contributed by atoms with Gasteiger partial charge in [-0.2, -0.15) is 0 Å². The highest BCUT2D eigenvalue weighted by molar-refractivity contribution is 7.92. The molecule has 23 heavy (non-hydrogen) atoms. The van der Waals surface area contributed by atoms with E-state index in [1.54, 1.807) is 24.3 Å². The summed E-state index contributed by atoms with van der Waals surface area (Å²) >= 11 is 0. The summed E-state index contributed by atoms with van der Waals surface area (Å²) in [5, 5.41) is 0. The molecule has 3 nitrogen and oxygen atoms in total. The van der Waals surface area contributed by atoms with Gasteiger partial charge in [0.05, 0.1) is 4.90 Å². The van der Waals surface area contributed by atoms with Crippen LogP contribution in [0.1, 0.15) is 12.0 Å². The maximum Gasteiger partial charge on any atom is 0.204 e. The van der Waals surface area contributed by atoms with Gasteiger partial charge in [0.2, 0.25) is 9.84 Å². The molecule has 1 atom stereocenters. The Hall–Kier alpha value is -1.43. The third-order valence-electron chi connectivity index (χ3n) is 3.41. The lowest BCUT2D eigenvalue weighted by molar-refractivity contribution is 0.256. The van der Waals surface area contributed by atoms with Gasteiger partial charge in [0, 0.05) is 0 Å². The average Bonchev–Trinajstić information content (AvgIpc) is 2.52. The lowest BCUT2D eigenvalue weighted by atomic mass is 10.1. The molecule has 0 aromatic heterocycles. The number of sulfone groups is 1. The standard InChI is InChI=1S/C18H24O3SSi/c1-23(2,3)21-18(15-14-16-10-6-4-7-11-16)22(19,20)17-12-8-5-9-13-17/h4-13,18H,14-15H2,1-3H3. The van der Waals surface area contributed by atoms with Gasteiger partial charge in [0.1, 0.15) is 0 Å². The summed E-state index contributed by atoms with van der Waals surface area (Å²) < 4.78 is 31.9. The molecule has 0 spiro atoms. The van der Waals surface area contributed by atoms with Crippen LogP contribution in [0.25, 0.3) is 0 Å². The first kappa shape index (κ1) is 17.9. The molecule has 0 saturated heterocycles. The zero-order chi connectivity index (χ0) is 16.9. The Bertz CT molecular complexity index is 707. The fraction of sp³-hybridized carbons (Fsp3) is 0.333. The van der Waals surface area contributed by atoms with Crippen LogP contribution in [-0.4, -0.2) is 22.2 Å². The quantitative estimate of drug-likeness (QED) is 0.702. The van der Waals surface area contributed by atoms with E-state index in [4.69, 9.17) is 4.43 Å². The second kappa shape index (κ2) is 7.42. The maximum atomic E-state index is 12.9. The van der Waals surface area contributed by atoms with Crippen molar-refractivity contribution in [2.75, 3.05) is 0 Å². The van der Waals surface area contributed by atoms with Crippen molar-refractivity contribution < 1.29 is 12.8 Å². The highest BCUT2D eigenvalue weighted by atomic mass is 32.2. The minimum atomic E-state index is -3.49. The molecule has 2 rings (SSSR count). The van der Waals surface area contributed by atoms with E-state index in [-0.39, 0.29) is 0 Å². The minimum absolute atomic E-state index is 0.330. The summed E-state index contributed by atoms with van der Waals surface area (Å²) in [6, 6.07) is 18.5. The van der Waals surface area contributed by atoms with Gasteiger partial charge in [-0.15, -0.1) is 0 Å². The Morgan fingerprint density at radius 1 is 0.913 bits per heavy atom. The van der Waals surface area contributed by atoms with Crippen molar-refractivity contribution in [1.29, 1.82) is 0 Å². The molecular weight excluding hydrogens is 324 g/mol. The third-order valence-corrected chi connectivity index (χ3v) is 6.53. The number of aryl methyl sites for hydroxylation is 1. The largest absolute Gasteiger partial charge is 0.401 e. The van der Waals surface area contributed by atoms with Gasteiger partial charge in [0.25, 0.3) is 0 Å². The molecule has 0 fully saturated rings. The van der Waals surface area contributed by atoms with Crippen LogP contribution in [0.4, 0.5) is 0 Å². The van der Waals surface area contributed by atoms with Gasteiger partial charge in [-0.05, 0) is 50.2 Å². The van der Waals surface area contributed by atoms with Crippen LogP contribution < -0.4 is 0 Å². The van der Waals surface area contributed by atoms with Crippen molar-refractivity contribution in [3.05, 3.63) is 66.2 Å².